The SMILES string of the molecule is CC(C)(C)NCC(O)CO/N=C1/c2ccccc2-c2ccc(Br)cc21.O=C(O)/C=C\C(=O)O. The standard InChI is InChI=1S/C20H23BrN2O2.C4H4O4/c1-20(2,3)22-11-14(24)12-25-23-19-17-7-5-4-6-15(17)16-9-8-13(21)10-18(16)19;5-3(6)1-2-4(7)8/h4-10,14,22,24H,11-12H2,1-3H3;1-2H,(H,5,6)(H,7,8)/b23-19-;2-1-. The van der Waals surface area contributed by atoms with E-state index in [0.717, 1.165) is 32.4 Å². The van der Waals surface area contributed by atoms with E-state index in [-0.39, 0.29) is 12.1 Å². The molecular weight excluding hydrogens is 492 g/mol. The van der Waals surface area contributed by atoms with Crippen molar-refractivity contribution < 1.29 is 29.7 Å². The van der Waals surface area contributed by atoms with Gasteiger partial charge >= 0.3 is 11.9 Å². The molecule has 2 aromatic rings. The molecule has 0 bridgehead atoms. The third kappa shape index (κ3) is 8.45. The summed E-state index contributed by atoms with van der Waals surface area (Å²) in [6, 6.07) is 14.3. The van der Waals surface area contributed by atoms with Gasteiger partial charge in [0.2, 0.25) is 0 Å². The molecule has 1 aliphatic carbocycles. The highest BCUT2D eigenvalue weighted by atomic mass is 79.9. The number of nitrogens with one attached hydrogen (secondary N) is 1. The largest absolute Gasteiger partial charge is 0.478 e. The second kappa shape index (κ2) is 11.7. The Bertz CT molecular complexity index is 1040. The maximum Gasteiger partial charge on any atom is 0.328 e. The van der Waals surface area contributed by atoms with E-state index >= 15 is 0 Å². The van der Waals surface area contributed by atoms with Crippen molar-refractivity contribution in [2.24, 2.45) is 5.16 Å². The molecule has 9 heteroatoms. The van der Waals surface area contributed by atoms with Gasteiger partial charge in [-0.25, -0.2) is 9.59 Å². The average Bonchev–Trinajstić information content (AvgIpc) is 3.04. The minimum atomic E-state index is -1.26. The number of carboxylic acid groups (broad SMARTS) is 2. The van der Waals surface area contributed by atoms with Crippen LogP contribution in [0.2, 0.25) is 0 Å². The van der Waals surface area contributed by atoms with E-state index in [1.807, 2.05) is 24.3 Å². The van der Waals surface area contributed by atoms with Crippen LogP contribution in [0, 0.1) is 0 Å². The lowest BCUT2D eigenvalue weighted by Gasteiger charge is -2.22. The Balaban J connectivity index is 0.000000414. The maximum atomic E-state index is 10.1. The van der Waals surface area contributed by atoms with Crippen LogP contribution in [0.25, 0.3) is 11.1 Å². The molecule has 176 valence electrons. The van der Waals surface area contributed by atoms with Crippen LogP contribution >= 0.6 is 15.9 Å². The highest BCUT2D eigenvalue weighted by Crippen LogP contribution is 2.38. The fourth-order valence-electron chi connectivity index (χ4n) is 2.93. The molecule has 0 fully saturated rings. The Kier molecular flexibility index (Phi) is 9.33. The highest BCUT2D eigenvalue weighted by molar-refractivity contribution is 9.10. The number of carboxylic acids is 2. The van der Waals surface area contributed by atoms with E-state index in [0.29, 0.717) is 18.7 Å². The van der Waals surface area contributed by atoms with E-state index in [2.05, 4.69) is 65.4 Å². The Morgan fingerprint density at radius 1 is 1.03 bits per heavy atom. The molecule has 0 spiro atoms. The Hall–Kier alpha value is -3.01. The molecule has 2 aromatic carbocycles. The quantitative estimate of drug-likeness (QED) is 0.277. The number of rotatable bonds is 7. The smallest absolute Gasteiger partial charge is 0.328 e. The predicted molar refractivity (Wildman–Crippen MR) is 129 cm³/mol. The summed E-state index contributed by atoms with van der Waals surface area (Å²) in [5.74, 6) is -2.51. The molecule has 33 heavy (non-hydrogen) atoms. The molecule has 0 saturated carbocycles. The van der Waals surface area contributed by atoms with Crippen LogP contribution in [0.4, 0.5) is 0 Å². The molecule has 8 nitrogen and oxygen atoms in total. The highest BCUT2D eigenvalue weighted by Gasteiger charge is 2.25. The fourth-order valence-corrected chi connectivity index (χ4v) is 3.29. The van der Waals surface area contributed by atoms with Crippen molar-refractivity contribution in [1.29, 1.82) is 0 Å². The molecule has 1 unspecified atom stereocenters. The van der Waals surface area contributed by atoms with Crippen molar-refractivity contribution in [3.8, 4) is 11.1 Å². The van der Waals surface area contributed by atoms with E-state index < -0.39 is 18.0 Å². The van der Waals surface area contributed by atoms with Gasteiger partial charge in [-0.15, -0.1) is 0 Å². The van der Waals surface area contributed by atoms with Crippen LogP contribution < -0.4 is 5.32 Å². The van der Waals surface area contributed by atoms with Gasteiger partial charge in [0, 0.05) is 39.8 Å². The number of hydrogen-bond donors (Lipinski definition) is 4. The summed E-state index contributed by atoms with van der Waals surface area (Å²) in [5.41, 5.74) is 5.17. The molecule has 0 heterocycles. The summed E-state index contributed by atoms with van der Waals surface area (Å²) >= 11 is 3.52. The van der Waals surface area contributed by atoms with Crippen LogP contribution in [-0.4, -0.2) is 57.8 Å². The number of halogens is 1. The van der Waals surface area contributed by atoms with Gasteiger partial charge in [0.15, 0.2) is 0 Å². The monoisotopic (exact) mass is 518 g/mol. The van der Waals surface area contributed by atoms with Crippen molar-refractivity contribution in [3.05, 3.63) is 70.2 Å². The van der Waals surface area contributed by atoms with Gasteiger partial charge in [0.1, 0.15) is 18.4 Å². The number of aliphatic hydroxyl groups excluding tert-OH is 1. The first-order valence-electron chi connectivity index (χ1n) is 10.1. The van der Waals surface area contributed by atoms with Gasteiger partial charge in [0.25, 0.3) is 0 Å². The van der Waals surface area contributed by atoms with Gasteiger partial charge in [-0.3, -0.25) is 0 Å². The molecular formula is C24H27BrN2O6. The summed E-state index contributed by atoms with van der Waals surface area (Å²) in [7, 11) is 0. The van der Waals surface area contributed by atoms with E-state index in [4.69, 9.17) is 15.1 Å². The van der Waals surface area contributed by atoms with Crippen molar-refractivity contribution in [2.75, 3.05) is 13.2 Å². The van der Waals surface area contributed by atoms with Gasteiger partial charge in [-0.05, 0) is 44.0 Å². The third-order valence-electron chi connectivity index (χ3n) is 4.37. The van der Waals surface area contributed by atoms with Crippen molar-refractivity contribution in [1.82, 2.24) is 5.32 Å². The number of aliphatic hydroxyl groups is 1. The first-order valence-corrected chi connectivity index (χ1v) is 10.9. The lowest BCUT2D eigenvalue weighted by molar-refractivity contribution is -0.134. The van der Waals surface area contributed by atoms with Gasteiger partial charge < -0.3 is 25.5 Å². The minimum Gasteiger partial charge on any atom is -0.478 e. The summed E-state index contributed by atoms with van der Waals surface area (Å²) in [5, 5.41) is 33.3. The van der Waals surface area contributed by atoms with Gasteiger partial charge in [-0.2, -0.15) is 0 Å². The molecule has 1 atom stereocenters. The number of benzene rings is 2. The second-order valence-corrected chi connectivity index (χ2v) is 9.18. The lowest BCUT2D eigenvalue weighted by atomic mass is 10.1. The number of hydrogen-bond acceptors (Lipinski definition) is 6. The number of aliphatic carboxylic acids is 2. The normalized spacial score (nSPS) is 14.3. The predicted octanol–water partition coefficient (Wildman–Crippen LogP) is 3.66. The minimum absolute atomic E-state index is 0.0392. The van der Waals surface area contributed by atoms with Crippen LogP contribution in [0.15, 0.2) is 64.2 Å². The summed E-state index contributed by atoms with van der Waals surface area (Å²) in [6.07, 6.45) is 0.507. The Morgan fingerprint density at radius 2 is 1.61 bits per heavy atom. The average molecular weight is 519 g/mol. The summed E-state index contributed by atoms with van der Waals surface area (Å²) < 4.78 is 1.00. The fraction of sp³-hybridized carbons (Fsp3) is 0.292. The number of nitrogens with zero attached hydrogens (tertiary/aromatic N) is 1. The maximum absolute atomic E-state index is 10.1. The molecule has 0 saturated heterocycles. The molecule has 0 aromatic heterocycles. The Morgan fingerprint density at radius 3 is 2.18 bits per heavy atom. The number of β-amino-alcohol motifs (C(OH)–C–C–N with tert-alkyl or cyclic N) is 1. The second-order valence-electron chi connectivity index (χ2n) is 8.27. The van der Waals surface area contributed by atoms with Crippen molar-refractivity contribution >= 4 is 33.6 Å². The van der Waals surface area contributed by atoms with E-state index in [1.54, 1.807) is 0 Å². The van der Waals surface area contributed by atoms with E-state index in [9.17, 15) is 14.7 Å². The zero-order chi connectivity index (χ0) is 24.6. The van der Waals surface area contributed by atoms with Crippen molar-refractivity contribution in [2.45, 2.75) is 32.4 Å². The molecule has 0 amide bonds. The lowest BCUT2D eigenvalue weighted by Crippen LogP contribution is -2.42. The number of carbonyl (C=O) groups is 2. The zero-order valence-corrected chi connectivity index (χ0v) is 20.2. The molecule has 1 aliphatic rings. The summed E-state index contributed by atoms with van der Waals surface area (Å²) in [4.78, 5) is 24.6. The number of fused-ring (bicyclic) bond motifs is 3. The Labute approximate surface area is 200 Å². The molecule has 0 radical (unpaired) electrons. The van der Waals surface area contributed by atoms with Crippen molar-refractivity contribution in [3.63, 3.8) is 0 Å². The topological polar surface area (TPSA) is 128 Å². The number of oxime groups is 1. The van der Waals surface area contributed by atoms with E-state index in [1.165, 1.54) is 0 Å². The molecule has 3 rings (SSSR count). The van der Waals surface area contributed by atoms with Crippen LogP contribution in [0.3, 0.4) is 0 Å². The van der Waals surface area contributed by atoms with Gasteiger partial charge in [0.05, 0.1) is 0 Å². The third-order valence-corrected chi connectivity index (χ3v) is 4.86. The van der Waals surface area contributed by atoms with Crippen LogP contribution in [0.5, 0.6) is 0 Å². The summed E-state index contributed by atoms with van der Waals surface area (Å²) in [6.45, 7) is 6.80. The van der Waals surface area contributed by atoms with Gasteiger partial charge in [-0.1, -0.05) is 51.4 Å². The van der Waals surface area contributed by atoms with Crippen LogP contribution in [-0.2, 0) is 14.4 Å². The molecule has 0 aliphatic heterocycles. The zero-order valence-electron chi connectivity index (χ0n) is 18.6. The first-order chi connectivity index (χ1) is 15.5. The first kappa shape index (κ1) is 26.2. The van der Waals surface area contributed by atoms with Crippen LogP contribution in [0.1, 0.15) is 31.9 Å². The molecule has 4 N–H and O–H groups in total.